The first-order valence-corrected chi connectivity index (χ1v) is 8.49. The highest BCUT2D eigenvalue weighted by molar-refractivity contribution is 7.08. The van der Waals surface area contributed by atoms with Gasteiger partial charge in [-0.2, -0.15) is 11.3 Å². The number of thiophene rings is 1. The van der Waals surface area contributed by atoms with E-state index in [0.29, 0.717) is 29.7 Å². The number of ether oxygens (including phenoxy) is 3. The number of hydrogen-bond donors (Lipinski definition) is 0. The normalized spacial score (nSPS) is 13.8. The van der Waals surface area contributed by atoms with Gasteiger partial charge in [0.25, 0.3) is 0 Å². The molecule has 0 atom stereocenters. The van der Waals surface area contributed by atoms with Gasteiger partial charge in [-0.25, -0.2) is 4.79 Å². The van der Waals surface area contributed by atoms with Crippen LogP contribution in [0, 0.1) is 0 Å². The van der Waals surface area contributed by atoms with Gasteiger partial charge in [0.2, 0.25) is 0 Å². The molecular formula is C17H15ClO4S. The second-order valence-corrected chi connectivity index (χ2v) is 6.14. The quantitative estimate of drug-likeness (QED) is 0.608. The Bertz CT molecular complexity index is 710. The zero-order chi connectivity index (χ0) is 16.1. The van der Waals surface area contributed by atoms with Crippen LogP contribution in [-0.2, 0) is 16.1 Å². The molecule has 4 nitrogen and oxygen atoms in total. The van der Waals surface area contributed by atoms with Gasteiger partial charge in [0.05, 0.1) is 18.2 Å². The molecule has 6 heteroatoms. The number of halogens is 1. The highest BCUT2D eigenvalue weighted by Crippen LogP contribution is 2.38. The largest absolute Gasteiger partial charge is 0.489 e. The van der Waals surface area contributed by atoms with Crippen LogP contribution in [0.4, 0.5) is 0 Å². The van der Waals surface area contributed by atoms with Crippen LogP contribution >= 0.6 is 22.9 Å². The van der Waals surface area contributed by atoms with Crippen molar-refractivity contribution in [2.45, 2.75) is 13.0 Å². The van der Waals surface area contributed by atoms with Gasteiger partial charge in [-0.15, -0.1) is 0 Å². The summed E-state index contributed by atoms with van der Waals surface area (Å²) in [6.45, 7) is 1.29. The Morgan fingerprint density at radius 2 is 2.22 bits per heavy atom. The zero-order valence-corrected chi connectivity index (χ0v) is 13.9. The average molecular weight is 351 g/mol. The van der Waals surface area contributed by atoms with Crippen molar-refractivity contribution in [1.82, 2.24) is 0 Å². The fourth-order valence-electron chi connectivity index (χ4n) is 2.10. The third kappa shape index (κ3) is 4.27. The topological polar surface area (TPSA) is 44.8 Å². The Morgan fingerprint density at radius 3 is 3.04 bits per heavy atom. The molecular weight excluding hydrogens is 336 g/mol. The number of rotatable bonds is 4. The molecule has 0 fully saturated rings. The first-order chi connectivity index (χ1) is 11.2. The van der Waals surface area contributed by atoms with Gasteiger partial charge >= 0.3 is 5.97 Å². The van der Waals surface area contributed by atoms with E-state index in [1.54, 1.807) is 29.5 Å². The summed E-state index contributed by atoms with van der Waals surface area (Å²) in [5, 5.41) is 4.36. The summed E-state index contributed by atoms with van der Waals surface area (Å²) < 4.78 is 16.4. The molecule has 0 bridgehead atoms. The molecule has 1 aromatic heterocycles. The van der Waals surface area contributed by atoms with Gasteiger partial charge in [0.15, 0.2) is 11.5 Å². The van der Waals surface area contributed by atoms with E-state index in [4.69, 9.17) is 25.8 Å². The van der Waals surface area contributed by atoms with Crippen molar-refractivity contribution in [3.63, 3.8) is 0 Å². The minimum atomic E-state index is -0.403. The molecule has 0 amide bonds. The van der Waals surface area contributed by atoms with Gasteiger partial charge < -0.3 is 14.2 Å². The lowest BCUT2D eigenvalue weighted by molar-refractivity contribution is -0.138. The summed E-state index contributed by atoms with van der Waals surface area (Å²) in [4.78, 5) is 11.7. The minimum Gasteiger partial charge on any atom is -0.489 e. The predicted octanol–water partition coefficient (Wildman–Crippen LogP) is 4.32. The summed E-state index contributed by atoms with van der Waals surface area (Å²) in [7, 11) is 0. The molecule has 0 N–H and O–H groups in total. The molecule has 0 unspecified atom stereocenters. The van der Waals surface area contributed by atoms with Crippen LogP contribution in [-0.4, -0.2) is 19.2 Å². The summed E-state index contributed by atoms with van der Waals surface area (Å²) in [6.07, 6.45) is 3.94. The van der Waals surface area contributed by atoms with Crippen molar-refractivity contribution >= 4 is 35.0 Å². The van der Waals surface area contributed by atoms with Crippen LogP contribution in [0.25, 0.3) is 6.08 Å². The lowest BCUT2D eigenvalue weighted by Gasteiger charge is -2.11. The van der Waals surface area contributed by atoms with Crippen LogP contribution in [0.2, 0.25) is 5.02 Å². The molecule has 0 spiro atoms. The molecule has 0 saturated carbocycles. The summed E-state index contributed by atoms with van der Waals surface area (Å²) >= 11 is 7.78. The van der Waals surface area contributed by atoms with Crippen LogP contribution in [0.1, 0.15) is 17.5 Å². The van der Waals surface area contributed by atoms with Crippen molar-refractivity contribution in [3.8, 4) is 11.5 Å². The third-order valence-electron chi connectivity index (χ3n) is 3.20. The van der Waals surface area contributed by atoms with E-state index in [1.165, 1.54) is 6.08 Å². The number of carbonyl (C=O) groups is 1. The molecule has 2 aromatic rings. The molecule has 0 saturated heterocycles. The predicted molar refractivity (Wildman–Crippen MR) is 90.2 cm³/mol. The number of fused-ring (bicyclic) bond motifs is 1. The SMILES string of the molecule is O=C(/C=C/c1ccsc1)OCc1cc(Cl)c2c(c1)OCCCO2. The fourth-order valence-corrected chi connectivity index (χ4v) is 3.02. The second kappa shape index (κ2) is 7.53. The van der Waals surface area contributed by atoms with E-state index < -0.39 is 5.97 Å². The molecule has 1 aliphatic rings. The highest BCUT2D eigenvalue weighted by atomic mass is 35.5. The summed E-state index contributed by atoms with van der Waals surface area (Å²) in [6, 6.07) is 5.45. The van der Waals surface area contributed by atoms with Gasteiger partial charge in [-0.3, -0.25) is 0 Å². The van der Waals surface area contributed by atoms with Crippen molar-refractivity contribution in [1.29, 1.82) is 0 Å². The third-order valence-corrected chi connectivity index (χ3v) is 4.18. The van der Waals surface area contributed by atoms with E-state index in [1.807, 2.05) is 16.8 Å². The van der Waals surface area contributed by atoms with Crippen molar-refractivity contribution in [2.24, 2.45) is 0 Å². The second-order valence-electron chi connectivity index (χ2n) is 4.95. The van der Waals surface area contributed by atoms with Gasteiger partial charge in [0, 0.05) is 12.5 Å². The van der Waals surface area contributed by atoms with Crippen molar-refractivity contribution < 1.29 is 19.0 Å². The summed E-state index contributed by atoms with van der Waals surface area (Å²) in [5.41, 5.74) is 1.74. The van der Waals surface area contributed by atoms with Crippen LogP contribution < -0.4 is 9.47 Å². The van der Waals surface area contributed by atoms with Gasteiger partial charge in [-0.1, -0.05) is 11.6 Å². The Balaban J connectivity index is 1.63. The first kappa shape index (κ1) is 15.9. The Labute approximate surface area is 143 Å². The van der Waals surface area contributed by atoms with Gasteiger partial charge in [0.1, 0.15) is 6.61 Å². The monoisotopic (exact) mass is 350 g/mol. The molecule has 120 valence electrons. The van der Waals surface area contributed by atoms with Crippen LogP contribution in [0.3, 0.4) is 0 Å². The van der Waals surface area contributed by atoms with E-state index in [-0.39, 0.29) is 6.61 Å². The standard InChI is InChI=1S/C17H15ClO4S/c18-14-8-13(9-15-17(14)21-6-1-5-20-15)10-22-16(19)3-2-12-4-7-23-11-12/h2-4,7-9,11H,1,5-6,10H2/b3-2+. The van der Waals surface area contributed by atoms with Crippen molar-refractivity contribution in [3.05, 3.63) is 51.2 Å². The first-order valence-electron chi connectivity index (χ1n) is 7.17. The maximum atomic E-state index is 11.7. The lowest BCUT2D eigenvalue weighted by atomic mass is 10.2. The molecule has 3 rings (SSSR count). The van der Waals surface area contributed by atoms with E-state index in [9.17, 15) is 4.79 Å². The molecule has 1 aliphatic heterocycles. The Hall–Kier alpha value is -1.98. The number of benzene rings is 1. The summed E-state index contributed by atoms with van der Waals surface area (Å²) in [5.74, 6) is 0.742. The highest BCUT2D eigenvalue weighted by Gasteiger charge is 2.16. The van der Waals surface area contributed by atoms with E-state index >= 15 is 0 Å². The Kier molecular flexibility index (Phi) is 5.20. The maximum absolute atomic E-state index is 11.7. The lowest BCUT2D eigenvalue weighted by Crippen LogP contribution is -2.01. The maximum Gasteiger partial charge on any atom is 0.331 e. The van der Waals surface area contributed by atoms with E-state index in [2.05, 4.69) is 0 Å². The van der Waals surface area contributed by atoms with Crippen LogP contribution in [0.5, 0.6) is 11.5 Å². The average Bonchev–Trinajstić information content (AvgIpc) is 2.95. The minimum absolute atomic E-state index is 0.128. The molecule has 23 heavy (non-hydrogen) atoms. The molecule has 2 heterocycles. The number of hydrogen-bond acceptors (Lipinski definition) is 5. The Morgan fingerprint density at radius 1 is 1.35 bits per heavy atom. The van der Waals surface area contributed by atoms with Crippen LogP contribution in [0.15, 0.2) is 35.0 Å². The number of carbonyl (C=O) groups excluding carboxylic acids is 1. The number of esters is 1. The van der Waals surface area contributed by atoms with Crippen molar-refractivity contribution in [2.75, 3.05) is 13.2 Å². The molecule has 0 radical (unpaired) electrons. The molecule has 1 aromatic carbocycles. The van der Waals surface area contributed by atoms with E-state index in [0.717, 1.165) is 17.5 Å². The fraction of sp³-hybridized carbons (Fsp3) is 0.235. The van der Waals surface area contributed by atoms with Gasteiger partial charge in [-0.05, 0) is 46.2 Å². The zero-order valence-electron chi connectivity index (χ0n) is 12.3. The smallest absolute Gasteiger partial charge is 0.331 e. The molecule has 0 aliphatic carbocycles.